The molecule has 0 amide bonds. The summed E-state index contributed by atoms with van der Waals surface area (Å²) in [6.07, 6.45) is -0.683. The van der Waals surface area contributed by atoms with Crippen LogP contribution < -0.4 is 4.74 Å². The number of carbonyl (C=O) groups excluding carboxylic acids is 1. The predicted molar refractivity (Wildman–Crippen MR) is 130 cm³/mol. The highest BCUT2D eigenvalue weighted by atomic mass is 16.6. The van der Waals surface area contributed by atoms with Crippen molar-refractivity contribution in [2.75, 3.05) is 6.61 Å². The topological polar surface area (TPSA) is 55.8 Å². The molecular formula is C29H32O4. The molecule has 0 aliphatic carbocycles. The molecule has 1 heterocycles. The molecule has 33 heavy (non-hydrogen) atoms. The Hall–Kier alpha value is -3.11. The van der Waals surface area contributed by atoms with Crippen molar-refractivity contribution in [3.05, 3.63) is 99.6 Å². The van der Waals surface area contributed by atoms with E-state index in [0.29, 0.717) is 6.42 Å². The molecule has 2 atom stereocenters. The fraction of sp³-hybridized carbons (Fsp3) is 0.345. The average Bonchev–Trinajstić information content (AvgIpc) is 2.75. The molecule has 1 N–H and O–H groups in total. The number of aliphatic hydroxyl groups excluding tert-OH is 1. The van der Waals surface area contributed by atoms with Crippen LogP contribution in [0.4, 0.5) is 0 Å². The van der Waals surface area contributed by atoms with Crippen molar-refractivity contribution in [1.29, 1.82) is 0 Å². The van der Waals surface area contributed by atoms with Crippen molar-refractivity contribution in [1.82, 2.24) is 0 Å². The summed E-state index contributed by atoms with van der Waals surface area (Å²) in [5.41, 5.74) is 8.11. The summed E-state index contributed by atoms with van der Waals surface area (Å²) in [5, 5.41) is 9.97. The number of hydrogen-bond donors (Lipinski definition) is 1. The van der Waals surface area contributed by atoms with Crippen LogP contribution in [-0.2, 0) is 9.53 Å². The molecule has 0 aromatic heterocycles. The van der Waals surface area contributed by atoms with Crippen molar-refractivity contribution >= 4 is 5.97 Å². The van der Waals surface area contributed by atoms with Gasteiger partial charge in [-0.1, -0.05) is 77.4 Å². The molecule has 1 fully saturated rings. The zero-order valence-electron chi connectivity index (χ0n) is 19.8. The van der Waals surface area contributed by atoms with E-state index in [1.54, 1.807) is 0 Å². The van der Waals surface area contributed by atoms with Gasteiger partial charge < -0.3 is 14.6 Å². The van der Waals surface area contributed by atoms with E-state index in [9.17, 15) is 9.90 Å². The number of aliphatic hydroxyl groups is 1. The standard InChI is InChI=1S/C29H32O4/c1-18-5-9-22(10-6-18)28(23-11-7-19(2)8-12-23)26-14-20(3)13-21(4)29(26)32-17-25-15-24(30)16-27(31)33-25/h5-14,24-25,28,30H,15-17H2,1-4H3. The van der Waals surface area contributed by atoms with Crippen molar-refractivity contribution in [2.45, 2.75) is 58.7 Å². The van der Waals surface area contributed by atoms with Gasteiger partial charge in [-0.05, 0) is 44.4 Å². The first-order valence-corrected chi connectivity index (χ1v) is 11.5. The maximum absolute atomic E-state index is 11.8. The Morgan fingerprint density at radius 1 is 0.909 bits per heavy atom. The summed E-state index contributed by atoms with van der Waals surface area (Å²) >= 11 is 0. The Bertz CT molecular complexity index is 1070. The number of ether oxygens (including phenoxy) is 2. The van der Waals surface area contributed by atoms with Crippen LogP contribution in [0.1, 0.15) is 57.7 Å². The van der Waals surface area contributed by atoms with Crippen LogP contribution in [0, 0.1) is 27.7 Å². The smallest absolute Gasteiger partial charge is 0.308 e. The summed E-state index contributed by atoms with van der Waals surface area (Å²) in [6.45, 7) is 8.55. The van der Waals surface area contributed by atoms with E-state index in [4.69, 9.17) is 9.47 Å². The molecule has 4 heteroatoms. The van der Waals surface area contributed by atoms with E-state index in [-0.39, 0.29) is 24.9 Å². The van der Waals surface area contributed by atoms with E-state index in [2.05, 4.69) is 88.4 Å². The maximum Gasteiger partial charge on any atom is 0.308 e. The van der Waals surface area contributed by atoms with Crippen LogP contribution in [0.3, 0.4) is 0 Å². The van der Waals surface area contributed by atoms with E-state index >= 15 is 0 Å². The van der Waals surface area contributed by atoms with E-state index < -0.39 is 12.2 Å². The number of hydrogen-bond acceptors (Lipinski definition) is 4. The Balaban J connectivity index is 1.75. The predicted octanol–water partition coefficient (Wildman–Crippen LogP) is 5.55. The van der Waals surface area contributed by atoms with E-state index in [0.717, 1.165) is 16.9 Å². The van der Waals surface area contributed by atoms with Crippen LogP contribution in [0.5, 0.6) is 5.75 Å². The second-order valence-electron chi connectivity index (χ2n) is 9.27. The lowest BCUT2D eigenvalue weighted by atomic mass is 9.82. The summed E-state index contributed by atoms with van der Waals surface area (Å²) in [6, 6.07) is 21.6. The van der Waals surface area contributed by atoms with Crippen LogP contribution in [0.25, 0.3) is 0 Å². The fourth-order valence-corrected chi connectivity index (χ4v) is 4.61. The number of benzene rings is 3. The highest BCUT2D eigenvalue weighted by molar-refractivity contribution is 5.71. The third-order valence-corrected chi connectivity index (χ3v) is 6.23. The van der Waals surface area contributed by atoms with E-state index in [1.807, 2.05) is 0 Å². The van der Waals surface area contributed by atoms with Crippen molar-refractivity contribution in [3.8, 4) is 5.75 Å². The molecule has 0 spiro atoms. The number of rotatable bonds is 6. The SMILES string of the molecule is Cc1ccc(C(c2ccc(C)cc2)c2cc(C)cc(C)c2OCC2CC(O)CC(=O)O2)cc1. The molecule has 0 bridgehead atoms. The minimum atomic E-state index is -0.675. The lowest BCUT2D eigenvalue weighted by Crippen LogP contribution is -2.36. The first-order valence-electron chi connectivity index (χ1n) is 11.5. The Kier molecular flexibility index (Phi) is 6.85. The number of carbonyl (C=O) groups is 1. The van der Waals surface area contributed by atoms with Crippen LogP contribution in [0.15, 0.2) is 60.7 Å². The number of aryl methyl sites for hydroxylation is 4. The molecular weight excluding hydrogens is 412 g/mol. The van der Waals surface area contributed by atoms with Crippen molar-refractivity contribution < 1.29 is 19.4 Å². The highest BCUT2D eigenvalue weighted by Crippen LogP contribution is 2.40. The van der Waals surface area contributed by atoms with E-state index in [1.165, 1.54) is 27.8 Å². The Labute approximate surface area is 196 Å². The van der Waals surface area contributed by atoms with Crippen molar-refractivity contribution in [3.63, 3.8) is 0 Å². The van der Waals surface area contributed by atoms with Gasteiger partial charge in [0.25, 0.3) is 0 Å². The molecule has 4 rings (SSSR count). The second-order valence-corrected chi connectivity index (χ2v) is 9.27. The van der Waals surface area contributed by atoms with Gasteiger partial charge >= 0.3 is 5.97 Å². The first-order chi connectivity index (χ1) is 15.8. The molecule has 2 unspecified atom stereocenters. The van der Waals surface area contributed by atoms with Gasteiger partial charge in [-0.25, -0.2) is 0 Å². The summed E-state index contributed by atoms with van der Waals surface area (Å²) in [7, 11) is 0. The molecule has 0 radical (unpaired) electrons. The summed E-state index contributed by atoms with van der Waals surface area (Å²) in [5.74, 6) is 0.433. The zero-order valence-corrected chi connectivity index (χ0v) is 19.8. The van der Waals surface area contributed by atoms with Gasteiger partial charge in [-0.15, -0.1) is 0 Å². The van der Waals surface area contributed by atoms with Gasteiger partial charge in [0.2, 0.25) is 0 Å². The zero-order chi connectivity index (χ0) is 23.5. The van der Waals surface area contributed by atoms with Gasteiger partial charge in [0.15, 0.2) is 0 Å². The van der Waals surface area contributed by atoms with Crippen LogP contribution in [0.2, 0.25) is 0 Å². The van der Waals surface area contributed by atoms with Crippen LogP contribution >= 0.6 is 0 Å². The third kappa shape index (κ3) is 5.45. The Morgan fingerprint density at radius 3 is 2.03 bits per heavy atom. The largest absolute Gasteiger partial charge is 0.489 e. The van der Waals surface area contributed by atoms with Gasteiger partial charge in [-0.2, -0.15) is 0 Å². The number of cyclic esters (lactones) is 1. The van der Waals surface area contributed by atoms with Gasteiger partial charge in [-0.3, -0.25) is 4.79 Å². The summed E-state index contributed by atoms with van der Waals surface area (Å²) < 4.78 is 11.8. The van der Waals surface area contributed by atoms with Gasteiger partial charge in [0, 0.05) is 17.9 Å². The third-order valence-electron chi connectivity index (χ3n) is 6.23. The fourth-order valence-electron chi connectivity index (χ4n) is 4.61. The quantitative estimate of drug-likeness (QED) is 0.400. The lowest BCUT2D eigenvalue weighted by molar-refractivity contribution is -0.162. The minimum absolute atomic E-state index is 0.000651. The highest BCUT2D eigenvalue weighted by Gasteiger charge is 2.29. The molecule has 1 aliphatic rings. The molecule has 0 saturated carbocycles. The monoisotopic (exact) mass is 444 g/mol. The van der Waals surface area contributed by atoms with Gasteiger partial charge in [0.1, 0.15) is 18.5 Å². The molecule has 172 valence electrons. The number of esters is 1. The molecule has 1 aliphatic heterocycles. The van der Waals surface area contributed by atoms with Crippen LogP contribution in [-0.4, -0.2) is 29.9 Å². The second kappa shape index (κ2) is 9.80. The molecule has 3 aromatic carbocycles. The average molecular weight is 445 g/mol. The summed E-state index contributed by atoms with van der Waals surface area (Å²) in [4.78, 5) is 11.8. The van der Waals surface area contributed by atoms with Gasteiger partial charge in [0.05, 0.1) is 12.5 Å². The maximum atomic E-state index is 11.8. The normalized spacial score (nSPS) is 18.3. The molecule has 3 aromatic rings. The Morgan fingerprint density at radius 2 is 1.48 bits per heavy atom. The minimum Gasteiger partial charge on any atom is -0.489 e. The molecule has 1 saturated heterocycles. The lowest BCUT2D eigenvalue weighted by Gasteiger charge is -2.28. The first kappa shape index (κ1) is 23.1. The van der Waals surface area contributed by atoms with Crippen molar-refractivity contribution in [2.24, 2.45) is 0 Å². The molecule has 4 nitrogen and oxygen atoms in total.